The summed E-state index contributed by atoms with van der Waals surface area (Å²) in [5.41, 5.74) is 0.956. The van der Waals surface area contributed by atoms with Crippen molar-refractivity contribution in [2.45, 2.75) is 11.9 Å². The van der Waals surface area contributed by atoms with Crippen molar-refractivity contribution in [3.63, 3.8) is 0 Å². The van der Waals surface area contributed by atoms with Gasteiger partial charge in [0.2, 0.25) is 5.95 Å². The van der Waals surface area contributed by atoms with E-state index in [1.807, 2.05) is 0 Å². The molecule has 14 heteroatoms. The summed E-state index contributed by atoms with van der Waals surface area (Å²) >= 11 is 0. The van der Waals surface area contributed by atoms with Gasteiger partial charge in [-0.3, -0.25) is 14.6 Å². The van der Waals surface area contributed by atoms with Gasteiger partial charge in [-0.25, -0.2) is 14.6 Å². The third-order valence-corrected chi connectivity index (χ3v) is 6.09. The van der Waals surface area contributed by atoms with Crippen LogP contribution in [0.5, 0.6) is 5.75 Å². The van der Waals surface area contributed by atoms with E-state index < -0.39 is 24.0 Å². The number of methoxy groups -OCH3 is 1. The molecule has 0 fully saturated rings. The first kappa shape index (κ1) is 27.9. The molecule has 0 saturated heterocycles. The number of aliphatic carboxylic acids is 1. The zero-order valence-corrected chi connectivity index (χ0v) is 20.8. The molecule has 2 heterocycles. The fraction of sp³-hybridized carbons (Fsp3) is 0.154. The van der Waals surface area contributed by atoms with Crippen LogP contribution < -0.4 is 14.5 Å². The van der Waals surface area contributed by atoms with Crippen molar-refractivity contribution in [3.05, 3.63) is 83.4 Å². The van der Waals surface area contributed by atoms with E-state index in [1.54, 1.807) is 66.7 Å². The average Bonchev–Trinajstić information content (AvgIpc) is 3.45. The lowest BCUT2D eigenvalue weighted by molar-refractivity contribution is -0.192. The molecule has 4 N–H and O–H groups in total. The molecule has 208 valence electrons. The third kappa shape index (κ3) is 4.87. The number of hydrogen-bond donors (Lipinski definition) is 4. The predicted octanol–water partition coefficient (Wildman–Crippen LogP) is 4.17. The molecule has 0 aliphatic carbocycles. The van der Waals surface area contributed by atoms with Crippen molar-refractivity contribution < 1.29 is 47.6 Å². The monoisotopic (exact) mass is 558 g/mol. The van der Waals surface area contributed by atoms with Crippen LogP contribution in [-0.2, 0) is 10.5 Å². The molecule has 1 aromatic heterocycles. The van der Waals surface area contributed by atoms with E-state index >= 15 is 0 Å². The van der Waals surface area contributed by atoms with Crippen molar-refractivity contribution >= 4 is 40.6 Å². The molecule has 0 bridgehead atoms. The van der Waals surface area contributed by atoms with Crippen LogP contribution in [0.3, 0.4) is 0 Å². The molecule has 1 aliphatic heterocycles. The van der Waals surface area contributed by atoms with E-state index in [2.05, 4.69) is 9.97 Å². The van der Waals surface area contributed by atoms with Gasteiger partial charge in [-0.1, -0.05) is 30.3 Å². The highest BCUT2D eigenvalue weighted by atomic mass is 19.4. The quantitative estimate of drug-likeness (QED) is 0.291. The molecule has 0 spiro atoms. The number of carbonyl (C=O) groups excluding carboxylic acids is 1. The summed E-state index contributed by atoms with van der Waals surface area (Å²) in [4.78, 5) is 43.2. The number of aliphatic hydroxyl groups is 1. The summed E-state index contributed by atoms with van der Waals surface area (Å²) < 4.78 is 37.1. The van der Waals surface area contributed by atoms with Gasteiger partial charge < -0.3 is 25.0 Å². The van der Waals surface area contributed by atoms with E-state index in [0.29, 0.717) is 39.2 Å². The highest BCUT2D eigenvalue weighted by molar-refractivity contribution is 6.12. The largest absolute Gasteiger partial charge is 0.497 e. The Kier molecular flexibility index (Phi) is 7.13. The highest BCUT2D eigenvalue weighted by Gasteiger charge is 2.50. The first-order valence-corrected chi connectivity index (χ1v) is 11.4. The Morgan fingerprint density at radius 1 is 1.05 bits per heavy atom. The first-order chi connectivity index (χ1) is 18.8. The second-order valence-corrected chi connectivity index (χ2v) is 8.50. The van der Waals surface area contributed by atoms with Crippen molar-refractivity contribution in [3.8, 4) is 5.75 Å². The number of hydrogen-bond acceptors (Lipinski definition) is 6. The number of aromatic nitrogens is 2. The number of aromatic amines is 1. The van der Waals surface area contributed by atoms with Crippen LogP contribution in [0.2, 0.25) is 0 Å². The number of carboxylic acids is 1. The molecular weight excluding hydrogens is 537 g/mol. The zero-order valence-electron chi connectivity index (χ0n) is 20.8. The van der Waals surface area contributed by atoms with E-state index in [1.165, 1.54) is 19.1 Å². The number of ether oxygens (including phenoxy) is 1. The molecule has 40 heavy (non-hydrogen) atoms. The summed E-state index contributed by atoms with van der Waals surface area (Å²) in [5.74, 6) is -2.41. The lowest BCUT2D eigenvalue weighted by Gasteiger charge is -2.35. The SMILES string of the molecule is COc1cccc(N2C(=O)c3ccccc3C2(O)c2ccc3nc(N(C)C(=O)O)[nH]c3c2)c1.O=C(O)C(F)(F)F. The number of benzene rings is 3. The molecule has 1 aliphatic rings. The summed E-state index contributed by atoms with van der Waals surface area (Å²) in [6.07, 6.45) is -6.24. The number of carbonyl (C=O) groups is 3. The molecular formula is C26H21F3N4O7. The molecule has 2 amide bonds. The Hall–Kier alpha value is -5.11. The van der Waals surface area contributed by atoms with Crippen LogP contribution in [0.15, 0.2) is 66.7 Å². The van der Waals surface area contributed by atoms with Gasteiger partial charge in [0, 0.05) is 29.8 Å². The maximum absolute atomic E-state index is 13.5. The van der Waals surface area contributed by atoms with E-state index in [9.17, 15) is 33.0 Å². The number of carboxylic acid groups (broad SMARTS) is 2. The van der Waals surface area contributed by atoms with Crippen LogP contribution in [0.4, 0.5) is 29.6 Å². The number of nitrogens with zero attached hydrogens (tertiary/aromatic N) is 3. The van der Waals surface area contributed by atoms with Gasteiger partial charge in [-0.05, 0) is 30.3 Å². The Bertz CT molecular complexity index is 1620. The number of amides is 2. The average molecular weight is 558 g/mol. The normalized spacial score (nSPS) is 16.2. The van der Waals surface area contributed by atoms with Gasteiger partial charge in [0.1, 0.15) is 5.75 Å². The van der Waals surface area contributed by atoms with E-state index in [-0.39, 0.29) is 11.9 Å². The number of anilines is 2. The van der Waals surface area contributed by atoms with Crippen molar-refractivity contribution in [1.29, 1.82) is 0 Å². The molecule has 0 saturated carbocycles. The highest BCUT2D eigenvalue weighted by Crippen LogP contribution is 2.45. The molecule has 0 radical (unpaired) electrons. The van der Waals surface area contributed by atoms with Gasteiger partial charge in [0.05, 0.1) is 23.8 Å². The van der Waals surface area contributed by atoms with Crippen LogP contribution in [0.1, 0.15) is 21.5 Å². The van der Waals surface area contributed by atoms with Gasteiger partial charge in [0.25, 0.3) is 5.91 Å². The first-order valence-electron chi connectivity index (χ1n) is 11.4. The van der Waals surface area contributed by atoms with Crippen LogP contribution in [-0.4, -0.2) is 63.6 Å². The summed E-state index contributed by atoms with van der Waals surface area (Å²) in [5, 5.41) is 28.5. The Morgan fingerprint density at radius 2 is 1.73 bits per heavy atom. The topological polar surface area (TPSA) is 156 Å². The van der Waals surface area contributed by atoms with E-state index in [4.69, 9.17) is 14.6 Å². The zero-order chi connectivity index (χ0) is 29.4. The third-order valence-electron chi connectivity index (χ3n) is 6.09. The lowest BCUT2D eigenvalue weighted by Crippen LogP contribution is -2.45. The fourth-order valence-electron chi connectivity index (χ4n) is 4.16. The van der Waals surface area contributed by atoms with Crippen LogP contribution in [0.25, 0.3) is 11.0 Å². The van der Waals surface area contributed by atoms with Gasteiger partial charge >= 0.3 is 18.2 Å². The summed E-state index contributed by atoms with van der Waals surface area (Å²) in [7, 11) is 2.91. The Labute approximate surface area is 223 Å². The number of H-pyrrole nitrogens is 1. The van der Waals surface area contributed by atoms with Crippen molar-refractivity contribution in [2.24, 2.45) is 0 Å². The maximum Gasteiger partial charge on any atom is 0.490 e. The number of rotatable bonds is 4. The van der Waals surface area contributed by atoms with E-state index in [0.717, 1.165) is 4.90 Å². The summed E-state index contributed by atoms with van der Waals surface area (Å²) in [6.45, 7) is 0. The molecule has 1 unspecified atom stereocenters. The van der Waals surface area contributed by atoms with Gasteiger partial charge in [0.15, 0.2) is 5.72 Å². The lowest BCUT2D eigenvalue weighted by atomic mass is 9.93. The van der Waals surface area contributed by atoms with Crippen LogP contribution >= 0.6 is 0 Å². The predicted molar refractivity (Wildman–Crippen MR) is 135 cm³/mol. The van der Waals surface area contributed by atoms with Crippen LogP contribution in [0, 0.1) is 0 Å². The number of nitrogens with one attached hydrogen (secondary N) is 1. The number of imidazole rings is 1. The molecule has 4 aromatic rings. The molecule has 3 aromatic carbocycles. The summed E-state index contributed by atoms with van der Waals surface area (Å²) in [6, 6.07) is 18.8. The number of fused-ring (bicyclic) bond motifs is 2. The van der Waals surface area contributed by atoms with Gasteiger partial charge in [-0.15, -0.1) is 0 Å². The second kappa shape index (κ2) is 10.2. The minimum atomic E-state index is -5.08. The second-order valence-electron chi connectivity index (χ2n) is 8.50. The number of halogens is 3. The minimum absolute atomic E-state index is 0.147. The standard InChI is InChI=1S/C24H20N4O5.C2HF3O2/c1-27(23(30)31)22-25-19-11-10-14(12-20(19)26-22)24(32)18-9-4-3-8-17(18)21(29)28(24)15-6-5-7-16(13-15)33-2;3-2(4,5)1(6)7/h3-13,32H,1-2H3,(H,25,26)(H,30,31);(H,6,7). The molecule has 5 rings (SSSR count). The van der Waals surface area contributed by atoms with Gasteiger partial charge in [-0.2, -0.15) is 13.2 Å². The Balaban J connectivity index is 0.000000470. The molecule has 11 nitrogen and oxygen atoms in total. The van der Waals surface area contributed by atoms with Crippen molar-refractivity contribution in [2.75, 3.05) is 24.0 Å². The minimum Gasteiger partial charge on any atom is -0.497 e. The Morgan fingerprint density at radius 3 is 2.35 bits per heavy atom. The van der Waals surface area contributed by atoms with Crippen molar-refractivity contribution in [1.82, 2.24) is 9.97 Å². The fourth-order valence-corrected chi connectivity index (χ4v) is 4.16. The molecule has 1 atom stereocenters. The number of alkyl halides is 3. The smallest absolute Gasteiger partial charge is 0.490 e. The maximum atomic E-state index is 13.5.